The largest absolute Gasteiger partial charge is 0.319 e. The molecule has 0 bridgehead atoms. The summed E-state index contributed by atoms with van der Waals surface area (Å²) in [5.74, 6) is 0. The van der Waals surface area contributed by atoms with Gasteiger partial charge in [-0.2, -0.15) is 0 Å². The van der Waals surface area contributed by atoms with Crippen LogP contribution >= 0.6 is 0 Å². The van der Waals surface area contributed by atoms with Gasteiger partial charge in [-0.05, 0) is 12.8 Å². The van der Waals surface area contributed by atoms with Crippen molar-refractivity contribution in [1.82, 2.24) is 4.57 Å². The summed E-state index contributed by atoms with van der Waals surface area (Å²) in [4.78, 5) is 0. The minimum absolute atomic E-state index is 0.751. The second-order valence-electron chi connectivity index (χ2n) is 5.09. The van der Waals surface area contributed by atoms with Gasteiger partial charge in [0.2, 0.25) is 0 Å². The molecule has 0 fully saturated rings. The van der Waals surface area contributed by atoms with Crippen molar-refractivity contribution < 1.29 is 0 Å². The molecule has 0 aliphatic rings. The van der Waals surface area contributed by atoms with E-state index >= 15 is 0 Å². The molecule has 1 nitrogen and oxygen atoms in total. The maximum Gasteiger partial charge on any atom is 0.119 e. The molecule has 0 aromatic rings. The fourth-order valence-electron chi connectivity index (χ4n) is 2.15. The summed E-state index contributed by atoms with van der Waals surface area (Å²) >= 11 is 0. The van der Waals surface area contributed by atoms with E-state index in [9.17, 15) is 0 Å². The molecule has 0 radical (unpaired) electrons. The summed E-state index contributed by atoms with van der Waals surface area (Å²) in [5.41, 5.74) is 0. The Bertz CT molecular complexity index is 130. The Morgan fingerprint density at radius 2 is 1.23 bits per heavy atom. The number of nitrogens with zero attached hydrogens (tertiary/aromatic N) is 1. The van der Waals surface area contributed by atoms with Crippen molar-refractivity contribution in [2.75, 3.05) is 0 Å². The molecule has 0 heterocycles. The Morgan fingerprint density at radius 3 is 1.38 bits per heavy atom. The highest BCUT2D eigenvalue weighted by atomic mass is 28.3. The first-order valence-corrected chi connectivity index (χ1v) is 9.07. The first kappa shape index (κ1) is 13.2. The van der Waals surface area contributed by atoms with E-state index in [0.29, 0.717) is 0 Å². The van der Waals surface area contributed by atoms with Gasteiger partial charge in [-0.25, -0.2) is 0 Å². The summed E-state index contributed by atoms with van der Waals surface area (Å²) in [6, 6.07) is 1.50. The van der Waals surface area contributed by atoms with Crippen LogP contribution in [0, 0.1) is 0 Å². The third-order valence-corrected chi connectivity index (χ3v) is 5.34. The Kier molecular flexibility index (Phi) is 5.23. The molecule has 0 saturated heterocycles. The van der Waals surface area contributed by atoms with Crippen molar-refractivity contribution in [2.45, 2.75) is 72.3 Å². The monoisotopic (exact) mass is 201 g/mol. The van der Waals surface area contributed by atoms with Gasteiger partial charge in [0.1, 0.15) is 8.24 Å². The topological polar surface area (TPSA) is 3.24 Å². The average Bonchev–Trinajstić information content (AvgIpc) is 2.01. The summed E-state index contributed by atoms with van der Waals surface area (Å²) in [6.07, 6.45) is 2.54. The summed E-state index contributed by atoms with van der Waals surface area (Å²) in [5, 5.41) is 0. The molecule has 2 unspecified atom stereocenters. The zero-order chi connectivity index (χ0) is 10.6. The van der Waals surface area contributed by atoms with Crippen molar-refractivity contribution in [3.05, 3.63) is 0 Å². The van der Waals surface area contributed by atoms with Crippen LogP contribution in [0.2, 0.25) is 19.6 Å². The van der Waals surface area contributed by atoms with E-state index in [1.54, 1.807) is 0 Å². The van der Waals surface area contributed by atoms with E-state index in [4.69, 9.17) is 0 Å². The SMILES string of the molecule is CCC(C)N(C(C)CC)[Si](C)(C)C. The van der Waals surface area contributed by atoms with Crippen LogP contribution in [0.3, 0.4) is 0 Å². The van der Waals surface area contributed by atoms with E-state index in [0.717, 1.165) is 12.1 Å². The van der Waals surface area contributed by atoms with Crippen LogP contribution in [-0.2, 0) is 0 Å². The van der Waals surface area contributed by atoms with E-state index in [1.807, 2.05) is 0 Å². The van der Waals surface area contributed by atoms with Crippen molar-refractivity contribution in [1.29, 1.82) is 0 Å². The quantitative estimate of drug-likeness (QED) is 0.613. The molecule has 0 aromatic heterocycles. The maximum absolute atomic E-state index is 2.77. The molecule has 2 heteroatoms. The molecule has 0 amide bonds. The Balaban J connectivity index is 4.55. The zero-order valence-corrected chi connectivity index (χ0v) is 11.5. The van der Waals surface area contributed by atoms with Crippen molar-refractivity contribution in [3.8, 4) is 0 Å². The average molecular weight is 201 g/mol. The minimum Gasteiger partial charge on any atom is -0.319 e. The summed E-state index contributed by atoms with van der Waals surface area (Å²) < 4.78 is 2.77. The molecular weight excluding hydrogens is 174 g/mol. The lowest BCUT2D eigenvalue weighted by atomic mass is 10.2. The standard InChI is InChI=1S/C11H27NSi/c1-8-10(3)12(11(4)9-2)13(5,6)7/h10-11H,8-9H2,1-7H3. The van der Waals surface area contributed by atoms with Crippen LogP contribution in [-0.4, -0.2) is 24.9 Å². The van der Waals surface area contributed by atoms with Crippen molar-refractivity contribution in [3.63, 3.8) is 0 Å². The Morgan fingerprint density at radius 1 is 0.923 bits per heavy atom. The normalized spacial score (nSPS) is 17.5. The van der Waals surface area contributed by atoms with E-state index in [-0.39, 0.29) is 0 Å². The number of hydrogen-bond acceptors (Lipinski definition) is 1. The molecule has 0 saturated carbocycles. The highest BCUT2D eigenvalue weighted by Gasteiger charge is 2.30. The second-order valence-corrected chi connectivity index (χ2v) is 9.95. The maximum atomic E-state index is 2.77. The van der Waals surface area contributed by atoms with Gasteiger partial charge in [-0.15, -0.1) is 0 Å². The second kappa shape index (κ2) is 5.16. The van der Waals surface area contributed by atoms with Crippen LogP contribution < -0.4 is 0 Å². The molecule has 0 aliphatic heterocycles. The van der Waals surface area contributed by atoms with Crippen LogP contribution in [0.25, 0.3) is 0 Å². The smallest absolute Gasteiger partial charge is 0.119 e. The highest BCUT2D eigenvalue weighted by molar-refractivity contribution is 6.73. The molecule has 0 rings (SSSR count). The van der Waals surface area contributed by atoms with Gasteiger partial charge in [0.25, 0.3) is 0 Å². The summed E-state index contributed by atoms with van der Waals surface area (Å²) in [7, 11) is -1.12. The highest BCUT2D eigenvalue weighted by Crippen LogP contribution is 2.20. The third kappa shape index (κ3) is 3.82. The molecular formula is C11H27NSi. The number of rotatable bonds is 5. The van der Waals surface area contributed by atoms with Crippen molar-refractivity contribution >= 4 is 8.24 Å². The predicted octanol–water partition coefficient (Wildman–Crippen LogP) is 3.72. The van der Waals surface area contributed by atoms with E-state index in [1.165, 1.54) is 12.8 Å². The number of hydrogen-bond donors (Lipinski definition) is 0. The molecule has 80 valence electrons. The molecule has 2 atom stereocenters. The van der Waals surface area contributed by atoms with Crippen LogP contribution in [0.1, 0.15) is 40.5 Å². The van der Waals surface area contributed by atoms with Crippen molar-refractivity contribution in [2.24, 2.45) is 0 Å². The molecule has 13 heavy (non-hydrogen) atoms. The zero-order valence-electron chi connectivity index (χ0n) is 10.5. The van der Waals surface area contributed by atoms with Gasteiger partial charge in [0.15, 0.2) is 0 Å². The van der Waals surface area contributed by atoms with Crippen LogP contribution in [0.15, 0.2) is 0 Å². The van der Waals surface area contributed by atoms with Gasteiger partial charge in [-0.3, -0.25) is 0 Å². The lowest BCUT2D eigenvalue weighted by Gasteiger charge is -2.43. The van der Waals surface area contributed by atoms with Gasteiger partial charge < -0.3 is 4.57 Å². The van der Waals surface area contributed by atoms with Gasteiger partial charge in [0, 0.05) is 12.1 Å². The Hall–Kier alpha value is 0.177. The van der Waals surface area contributed by atoms with Gasteiger partial charge in [0.05, 0.1) is 0 Å². The van der Waals surface area contributed by atoms with Gasteiger partial charge >= 0.3 is 0 Å². The lowest BCUT2D eigenvalue weighted by molar-refractivity contribution is 0.254. The fraction of sp³-hybridized carbons (Fsp3) is 1.00. The van der Waals surface area contributed by atoms with E-state index < -0.39 is 8.24 Å². The molecule has 0 N–H and O–H groups in total. The molecule has 0 spiro atoms. The van der Waals surface area contributed by atoms with Crippen LogP contribution in [0.5, 0.6) is 0 Å². The first-order chi connectivity index (χ1) is 5.84. The molecule has 0 aliphatic carbocycles. The first-order valence-electron chi connectivity index (χ1n) is 5.63. The minimum atomic E-state index is -1.12. The van der Waals surface area contributed by atoms with E-state index in [2.05, 4.69) is 51.9 Å². The van der Waals surface area contributed by atoms with Gasteiger partial charge in [-0.1, -0.05) is 47.3 Å². The third-order valence-electron chi connectivity index (χ3n) is 2.91. The lowest BCUT2D eigenvalue weighted by Crippen LogP contribution is -2.54. The summed E-state index contributed by atoms with van der Waals surface area (Å²) in [6.45, 7) is 16.7. The predicted molar refractivity (Wildman–Crippen MR) is 64.7 cm³/mol. The fourth-order valence-corrected chi connectivity index (χ4v) is 5.16. The van der Waals surface area contributed by atoms with Crippen LogP contribution in [0.4, 0.5) is 0 Å². The Labute approximate surface area is 85.6 Å². The molecule has 0 aromatic carbocycles.